The summed E-state index contributed by atoms with van der Waals surface area (Å²) in [5.74, 6) is -0.711. The van der Waals surface area contributed by atoms with E-state index in [-0.39, 0.29) is 26.2 Å². The molecule has 0 spiro atoms. The molecule has 1 N–H and O–H groups in total. The van der Waals surface area contributed by atoms with Gasteiger partial charge in [-0.1, -0.05) is 6.92 Å². The number of carboxylic acid groups (broad SMARTS) is 1. The standard InChI is InChI=1S/C4H8O2.3C2H5.Zr/c1-2-3-4(5)6;3*1-2;/h2-3H2,1H3,(H,5,6);3*1H2,2H3;/q;3*-1;+3. The summed E-state index contributed by atoms with van der Waals surface area (Å²) in [4.78, 5) is 9.60. The van der Waals surface area contributed by atoms with E-state index < -0.39 is 5.97 Å². The summed E-state index contributed by atoms with van der Waals surface area (Å²) in [6, 6.07) is 0. The first-order valence-electron chi connectivity index (χ1n) is 4.11. The fraction of sp³-hybridized carbons (Fsp3) is 0.600. The first-order chi connectivity index (χ1) is 5.77. The third kappa shape index (κ3) is 118. The Hall–Kier alpha value is 0.353. The quantitative estimate of drug-likeness (QED) is 0.778. The van der Waals surface area contributed by atoms with Crippen LogP contribution in [0.25, 0.3) is 0 Å². The molecule has 0 fully saturated rings. The minimum atomic E-state index is -0.711. The second kappa shape index (κ2) is 55.6. The summed E-state index contributed by atoms with van der Waals surface area (Å²) in [5, 5.41) is 7.91. The van der Waals surface area contributed by atoms with E-state index in [4.69, 9.17) is 5.11 Å². The predicted molar refractivity (Wildman–Crippen MR) is 55.6 cm³/mol. The Labute approximate surface area is 103 Å². The van der Waals surface area contributed by atoms with Crippen molar-refractivity contribution in [3.05, 3.63) is 20.8 Å². The van der Waals surface area contributed by atoms with Gasteiger partial charge in [-0.25, -0.2) is 0 Å². The average molecular weight is 267 g/mol. The summed E-state index contributed by atoms with van der Waals surface area (Å²) in [6.45, 7) is 16.8. The van der Waals surface area contributed by atoms with Crippen LogP contribution in [0.5, 0.6) is 0 Å². The van der Waals surface area contributed by atoms with Crippen LogP contribution in [-0.4, -0.2) is 11.1 Å². The number of hydrogen-bond donors (Lipinski definition) is 1. The van der Waals surface area contributed by atoms with Crippen LogP contribution in [0.2, 0.25) is 0 Å². The fourth-order valence-electron chi connectivity index (χ4n) is 0.214. The van der Waals surface area contributed by atoms with Gasteiger partial charge in [0.2, 0.25) is 0 Å². The Morgan fingerprint density at radius 3 is 1.31 bits per heavy atom. The maximum Gasteiger partial charge on any atom is 3.00 e. The molecule has 0 aliphatic carbocycles. The largest absolute Gasteiger partial charge is 3.00 e. The van der Waals surface area contributed by atoms with Crippen molar-refractivity contribution in [2.75, 3.05) is 0 Å². The molecular weight excluding hydrogens is 243 g/mol. The molecule has 0 heterocycles. The van der Waals surface area contributed by atoms with Crippen LogP contribution in [0.3, 0.4) is 0 Å². The van der Waals surface area contributed by atoms with Gasteiger partial charge in [0.05, 0.1) is 0 Å². The molecule has 0 aromatic heterocycles. The topological polar surface area (TPSA) is 37.3 Å². The second-order valence-electron chi connectivity index (χ2n) is 1.14. The van der Waals surface area contributed by atoms with Gasteiger partial charge < -0.3 is 25.9 Å². The van der Waals surface area contributed by atoms with Crippen molar-refractivity contribution in [1.82, 2.24) is 0 Å². The van der Waals surface area contributed by atoms with Gasteiger partial charge >= 0.3 is 32.2 Å². The van der Waals surface area contributed by atoms with Crippen LogP contribution in [0.1, 0.15) is 40.5 Å². The summed E-state index contributed by atoms with van der Waals surface area (Å²) in [6.07, 6.45) is 1.02. The first kappa shape index (κ1) is 29.2. The number of aliphatic carboxylic acids is 1. The summed E-state index contributed by atoms with van der Waals surface area (Å²) in [5.41, 5.74) is 0. The van der Waals surface area contributed by atoms with E-state index in [2.05, 4.69) is 20.8 Å². The minimum Gasteiger partial charge on any atom is -0.481 e. The van der Waals surface area contributed by atoms with E-state index in [9.17, 15) is 4.79 Å². The van der Waals surface area contributed by atoms with Gasteiger partial charge in [0.15, 0.2) is 0 Å². The number of carboxylic acids is 1. The maximum absolute atomic E-state index is 9.60. The van der Waals surface area contributed by atoms with Crippen molar-refractivity contribution in [2.24, 2.45) is 0 Å². The van der Waals surface area contributed by atoms with Crippen LogP contribution >= 0.6 is 0 Å². The van der Waals surface area contributed by atoms with Gasteiger partial charge in [0, 0.05) is 6.42 Å². The van der Waals surface area contributed by atoms with E-state index in [1.807, 2.05) is 6.92 Å². The molecule has 3 heteroatoms. The normalized spacial score (nSPS) is 5.15. The molecule has 13 heavy (non-hydrogen) atoms. The molecule has 0 aromatic carbocycles. The molecular formula is C10H23O2Zr. The van der Waals surface area contributed by atoms with Gasteiger partial charge in [0.25, 0.3) is 0 Å². The van der Waals surface area contributed by atoms with Gasteiger partial charge in [0.1, 0.15) is 0 Å². The van der Waals surface area contributed by atoms with E-state index in [0.717, 1.165) is 6.42 Å². The molecule has 0 aromatic rings. The Morgan fingerprint density at radius 2 is 1.31 bits per heavy atom. The Bertz CT molecular complexity index is 56.9. The Morgan fingerprint density at radius 1 is 1.08 bits per heavy atom. The van der Waals surface area contributed by atoms with Crippen LogP contribution in [0.4, 0.5) is 0 Å². The van der Waals surface area contributed by atoms with Crippen molar-refractivity contribution in [1.29, 1.82) is 0 Å². The minimum absolute atomic E-state index is 0. The van der Waals surface area contributed by atoms with Crippen LogP contribution in [0, 0.1) is 20.8 Å². The SMILES string of the molecule is CCCC(=O)O.[CH2-]C.[CH2-]C.[CH2-]C.[Zr+3]. The number of hydrogen-bond acceptors (Lipinski definition) is 1. The molecule has 0 saturated heterocycles. The molecule has 0 amide bonds. The molecule has 0 saturated carbocycles. The zero-order chi connectivity index (χ0) is 11.0. The zero-order valence-corrected chi connectivity index (χ0v) is 11.8. The zero-order valence-electron chi connectivity index (χ0n) is 9.39. The number of rotatable bonds is 2. The molecule has 0 aliphatic heterocycles. The maximum atomic E-state index is 9.60. The molecule has 0 atom stereocenters. The van der Waals surface area contributed by atoms with Crippen molar-refractivity contribution < 1.29 is 36.1 Å². The summed E-state index contributed by atoms with van der Waals surface area (Å²) >= 11 is 0. The van der Waals surface area contributed by atoms with Gasteiger partial charge in [-0.15, -0.1) is 0 Å². The van der Waals surface area contributed by atoms with Crippen molar-refractivity contribution in [2.45, 2.75) is 40.5 Å². The van der Waals surface area contributed by atoms with Gasteiger partial charge in [-0.05, 0) is 6.42 Å². The molecule has 79 valence electrons. The van der Waals surface area contributed by atoms with Crippen LogP contribution in [0.15, 0.2) is 0 Å². The van der Waals surface area contributed by atoms with E-state index in [1.165, 1.54) is 0 Å². The molecule has 0 rings (SSSR count). The molecule has 1 radical (unpaired) electrons. The second-order valence-corrected chi connectivity index (χ2v) is 1.14. The third-order valence-corrected chi connectivity index (χ3v) is 0.464. The van der Waals surface area contributed by atoms with E-state index in [0.29, 0.717) is 6.42 Å². The number of carbonyl (C=O) groups is 1. The monoisotopic (exact) mass is 265 g/mol. The van der Waals surface area contributed by atoms with E-state index >= 15 is 0 Å². The van der Waals surface area contributed by atoms with E-state index in [1.54, 1.807) is 20.8 Å². The van der Waals surface area contributed by atoms with Gasteiger partial charge in [-0.2, -0.15) is 20.8 Å². The average Bonchev–Trinajstić information content (AvgIpc) is 2.14. The van der Waals surface area contributed by atoms with Crippen LogP contribution < -0.4 is 0 Å². The molecule has 2 nitrogen and oxygen atoms in total. The fourth-order valence-corrected chi connectivity index (χ4v) is 0.214. The van der Waals surface area contributed by atoms with Crippen molar-refractivity contribution >= 4 is 5.97 Å². The summed E-state index contributed by atoms with van der Waals surface area (Å²) < 4.78 is 0. The Kier molecular flexibility index (Phi) is 125. The molecule has 0 unspecified atom stereocenters. The third-order valence-electron chi connectivity index (χ3n) is 0.464. The predicted octanol–water partition coefficient (Wildman–Crippen LogP) is 3.39. The first-order valence-corrected chi connectivity index (χ1v) is 4.11. The molecule has 0 aliphatic rings. The summed E-state index contributed by atoms with van der Waals surface area (Å²) in [7, 11) is 0. The van der Waals surface area contributed by atoms with Crippen molar-refractivity contribution in [3.63, 3.8) is 0 Å². The smallest absolute Gasteiger partial charge is 0.481 e. The van der Waals surface area contributed by atoms with Crippen LogP contribution in [-0.2, 0) is 31.0 Å². The molecule has 0 bridgehead atoms. The van der Waals surface area contributed by atoms with Gasteiger partial charge in [-0.3, -0.25) is 4.79 Å². The van der Waals surface area contributed by atoms with Crippen molar-refractivity contribution in [3.8, 4) is 0 Å². The Balaban J connectivity index is -0.0000000263.